The molecule has 0 spiro atoms. The van der Waals surface area contributed by atoms with Gasteiger partial charge in [-0.25, -0.2) is 0 Å². The van der Waals surface area contributed by atoms with E-state index in [4.69, 9.17) is 0 Å². The topological polar surface area (TPSA) is 18.5 Å². The van der Waals surface area contributed by atoms with E-state index in [2.05, 4.69) is 22.2 Å². The van der Waals surface area contributed by atoms with Crippen LogP contribution in [-0.2, 0) is 0 Å². The predicted octanol–water partition coefficient (Wildman–Crippen LogP) is 1.79. The minimum Gasteiger partial charge on any atom is -0.315 e. The van der Waals surface area contributed by atoms with Gasteiger partial charge >= 0.3 is 0 Å². The first-order chi connectivity index (χ1) is 8.84. The van der Waals surface area contributed by atoms with Crippen molar-refractivity contribution in [3.63, 3.8) is 0 Å². The Labute approximate surface area is 113 Å². The van der Waals surface area contributed by atoms with Crippen molar-refractivity contribution in [2.24, 2.45) is 5.92 Å². The summed E-state index contributed by atoms with van der Waals surface area (Å²) in [6.45, 7) is 8.75. The summed E-state index contributed by atoms with van der Waals surface area (Å²) < 4.78 is 0. The Kier molecular flexibility index (Phi) is 6.46. The quantitative estimate of drug-likeness (QED) is 0.665. The Balaban J connectivity index is 1.42. The summed E-state index contributed by atoms with van der Waals surface area (Å²) in [5, 5.41) is 3.63. The van der Waals surface area contributed by atoms with Crippen LogP contribution in [0.5, 0.6) is 0 Å². The van der Waals surface area contributed by atoms with Gasteiger partial charge in [-0.1, -0.05) is 12.8 Å². The molecule has 2 fully saturated rings. The minimum atomic E-state index is 0.972. The zero-order valence-electron chi connectivity index (χ0n) is 12.2. The third kappa shape index (κ3) is 5.25. The molecule has 0 aromatic carbocycles. The zero-order valence-corrected chi connectivity index (χ0v) is 12.2. The van der Waals surface area contributed by atoms with E-state index in [9.17, 15) is 0 Å². The first kappa shape index (κ1) is 14.3. The fourth-order valence-corrected chi connectivity index (χ4v) is 3.22. The van der Waals surface area contributed by atoms with Crippen molar-refractivity contribution < 1.29 is 0 Å². The van der Waals surface area contributed by atoms with Crippen LogP contribution in [0.15, 0.2) is 0 Å². The SMILES string of the molecule is CN(CCNCC1CCCC1)CCN1CCCC1. The van der Waals surface area contributed by atoms with Crippen LogP contribution in [0.4, 0.5) is 0 Å². The maximum Gasteiger partial charge on any atom is 0.0109 e. The van der Waals surface area contributed by atoms with Crippen molar-refractivity contribution in [1.29, 1.82) is 0 Å². The molecule has 2 rings (SSSR count). The first-order valence-electron chi connectivity index (χ1n) is 7.96. The van der Waals surface area contributed by atoms with Gasteiger partial charge in [-0.05, 0) is 58.3 Å². The van der Waals surface area contributed by atoms with E-state index in [1.807, 2.05) is 0 Å². The lowest BCUT2D eigenvalue weighted by atomic mass is 10.1. The number of likely N-dealkylation sites (tertiary alicyclic amines) is 1. The van der Waals surface area contributed by atoms with Gasteiger partial charge < -0.3 is 15.1 Å². The Hall–Kier alpha value is -0.120. The molecule has 1 saturated heterocycles. The highest BCUT2D eigenvalue weighted by molar-refractivity contribution is 4.70. The van der Waals surface area contributed by atoms with Crippen molar-refractivity contribution in [3.8, 4) is 0 Å². The Morgan fingerprint density at radius 1 is 1.06 bits per heavy atom. The Bertz CT molecular complexity index is 208. The second-order valence-electron chi connectivity index (χ2n) is 6.21. The number of hydrogen-bond donors (Lipinski definition) is 1. The average Bonchev–Trinajstić information content (AvgIpc) is 3.04. The number of hydrogen-bond acceptors (Lipinski definition) is 3. The fourth-order valence-electron chi connectivity index (χ4n) is 3.22. The van der Waals surface area contributed by atoms with Crippen LogP contribution >= 0.6 is 0 Å². The molecule has 18 heavy (non-hydrogen) atoms. The Morgan fingerprint density at radius 2 is 1.78 bits per heavy atom. The van der Waals surface area contributed by atoms with Gasteiger partial charge in [0.05, 0.1) is 0 Å². The van der Waals surface area contributed by atoms with Crippen molar-refractivity contribution >= 4 is 0 Å². The maximum absolute atomic E-state index is 3.63. The standard InChI is InChI=1S/C15H31N3/c1-17(12-13-18-9-4-5-10-18)11-8-16-14-15-6-2-3-7-15/h15-16H,2-14H2,1H3. The molecule has 1 aliphatic heterocycles. The molecule has 0 amide bonds. The van der Waals surface area contributed by atoms with Crippen molar-refractivity contribution in [2.75, 3.05) is 52.9 Å². The molecule has 0 bridgehead atoms. The highest BCUT2D eigenvalue weighted by Crippen LogP contribution is 2.23. The maximum atomic E-state index is 3.63. The van der Waals surface area contributed by atoms with Gasteiger partial charge in [-0.15, -0.1) is 0 Å². The summed E-state index contributed by atoms with van der Waals surface area (Å²) in [4.78, 5) is 5.07. The molecule has 0 atom stereocenters. The van der Waals surface area contributed by atoms with Crippen molar-refractivity contribution in [3.05, 3.63) is 0 Å². The molecular weight excluding hydrogens is 222 g/mol. The molecule has 0 aromatic rings. The molecule has 0 unspecified atom stereocenters. The van der Waals surface area contributed by atoms with Gasteiger partial charge in [0.1, 0.15) is 0 Å². The molecule has 3 nitrogen and oxygen atoms in total. The molecule has 1 saturated carbocycles. The zero-order chi connectivity index (χ0) is 12.6. The van der Waals surface area contributed by atoms with Gasteiger partial charge in [-0.2, -0.15) is 0 Å². The lowest BCUT2D eigenvalue weighted by Crippen LogP contribution is -2.36. The summed E-state index contributed by atoms with van der Waals surface area (Å²) in [5.41, 5.74) is 0. The van der Waals surface area contributed by atoms with Gasteiger partial charge in [0.15, 0.2) is 0 Å². The predicted molar refractivity (Wildman–Crippen MR) is 78.0 cm³/mol. The van der Waals surface area contributed by atoms with Crippen LogP contribution in [0.2, 0.25) is 0 Å². The minimum absolute atomic E-state index is 0.972. The molecule has 1 N–H and O–H groups in total. The molecule has 1 aliphatic carbocycles. The fraction of sp³-hybridized carbons (Fsp3) is 1.00. The van der Waals surface area contributed by atoms with Crippen LogP contribution in [0.3, 0.4) is 0 Å². The van der Waals surface area contributed by atoms with Crippen LogP contribution in [0.1, 0.15) is 38.5 Å². The smallest absolute Gasteiger partial charge is 0.0109 e. The summed E-state index contributed by atoms with van der Waals surface area (Å²) in [5.74, 6) is 0.972. The van der Waals surface area contributed by atoms with Gasteiger partial charge in [-0.3, -0.25) is 0 Å². The monoisotopic (exact) mass is 253 g/mol. The van der Waals surface area contributed by atoms with E-state index in [1.165, 1.54) is 77.8 Å². The highest BCUT2D eigenvalue weighted by atomic mass is 15.2. The molecule has 2 aliphatic rings. The van der Waals surface area contributed by atoms with E-state index in [-0.39, 0.29) is 0 Å². The van der Waals surface area contributed by atoms with Crippen LogP contribution < -0.4 is 5.32 Å². The van der Waals surface area contributed by atoms with E-state index in [0.29, 0.717) is 0 Å². The summed E-state index contributed by atoms with van der Waals surface area (Å²) in [6.07, 6.45) is 8.65. The number of nitrogens with one attached hydrogen (secondary N) is 1. The van der Waals surface area contributed by atoms with E-state index in [0.717, 1.165) is 12.5 Å². The second-order valence-corrected chi connectivity index (χ2v) is 6.21. The third-order valence-corrected chi connectivity index (χ3v) is 4.57. The molecule has 1 heterocycles. The lowest BCUT2D eigenvalue weighted by molar-refractivity contribution is 0.256. The van der Waals surface area contributed by atoms with Crippen LogP contribution in [-0.4, -0.2) is 62.7 Å². The lowest BCUT2D eigenvalue weighted by Gasteiger charge is -2.21. The highest BCUT2D eigenvalue weighted by Gasteiger charge is 2.14. The van der Waals surface area contributed by atoms with E-state index in [1.54, 1.807) is 0 Å². The molecule has 0 aromatic heterocycles. The average molecular weight is 253 g/mol. The first-order valence-corrected chi connectivity index (χ1v) is 7.96. The van der Waals surface area contributed by atoms with Crippen LogP contribution in [0.25, 0.3) is 0 Å². The summed E-state index contributed by atoms with van der Waals surface area (Å²) >= 11 is 0. The van der Waals surface area contributed by atoms with Crippen LogP contribution in [0, 0.1) is 5.92 Å². The molecule has 106 valence electrons. The van der Waals surface area contributed by atoms with Gasteiger partial charge in [0, 0.05) is 26.2 Å². The number of likely N-dealkylation sites (N-methyl/N-ethyl adjacent to an activating group) is 1. The largest absolute Gasteiger partial charge is 0.315 e. The number of rotatable bonds is 8. The van der Waals surface area contributed by atoms with E-state index < -0.39 is 0 Å². The van der Waals surface area contributed by atoms with Gasteiger partial charge in [0.2, 0.25) is 0 Å². The summed E-state index contributed by atoms with van der Waals surface area (Å²) in [6, 6.07) is 0. The van der Waals surface area contributed by atoms with E-state index >= 15 is 0 Å². The van der Waals surface area contributed by atoms with Gasteiger partial charge in [0.25, 0.3) is 0 Å². The van der Waals surface area contributed by atoms with Crippen molar-refractivity contribution in [1.82, 2.24) is 15.1 Å². The third-order valence-electron chi connectivity index (χ3n) is 4.57. The van der Waals surface area contributed by atoms with Crippen molar-refractivity contribution in [2.45, 2.75) is 38.5 Å². The summed E-state index contributed by atoms with van der Waals surface area (Å²) in [7, 11) is 2.26. The molecule has 0 radical (unpaired) electrons. The molecule has 3 heteroatoms. The second kappa shape index (κ2) is 8.13. The Morgan fingerprint density at radius 3 is 2.50 bits per heavy atom. The molecular formula is C15H31N3. The normalized spacial score (nSPS) is 22.3. The number of nitrogens with zero attached hydrogens (tertiary/aromatic N) is 2.